The first kappa shape index (κ1) is 16.2. The lowest BCUT2D eigenvalue weighted by atomic mass is 9.75. The van der Waals surface area contributed by atoms with Crippen molar-refractivity contribution in [2.75, 3.05) is 6.26 Å². The van der Waals surface area contributed by atoms with Crippen LogP contribution in [-0.2, 0) is 9.84 Å². The second-order valence-electron chi connectivity index (χ2n) is 6.84. The minimum Gasteiger partial charge on any atom is -0.390 e. The molecule has 2 fully saturated rings. The van der Waals surface area contributed by atoms with E-state index in [0.29, 0.717) is 25.7 Å². The topological polar surface area (TPSA) is 74.6 Å². The van der Waals surface area contributed by atoms with Gasteiger partial charge in [-0.15, -0.1) is 0 Å². The van der Waals surface area contributed by atoms with Gasteiger partial charge in [0.25, 0.3) is 0 Å². The molecule has 0 aromatic heterocycles. The van der Waals surface area contributed by atoms with Crippen LogP contribution >= 0.6 is 0 Å². The summed E-state index contributed by atoms with van der Waals surface area (Å²) in [6, 6.07) is 0. The van der Waals surface area contributed by atoms with Gasteiger partial charge in [0.15, 0.2) is 0 Å². The van der Waals surface area contributed by atoms with Gasteiger partial charge < -0.3 is 10.2 Å². The molecule has 0 amide bonds. The summed E-state index contributed by atoms with van der Waals surface area (Å²) in [4.78, 5) is 0. The van der Waals surface area contributed by atoms with Gasteiger partial charge in [0.05, 0.1) is 17.0 Å². The molecule has 2 rings (SSSR count). The van der Waals surface area contributed by atoms with Crippen LogP contribution in [0.2, 0.25) is 0 Å². The van der Waals surface area contributed by atoms with E-state index < -0.39 is 21.5 Å². The second-order valence-corrected chi connectivity index (χ2v) is 9.17. The molecule has 5 heteroatoms. The standard InChI is InChI=1S/C15H28O4S/c1-20(18,19)13-8-6-7-12(11-13)14(16)15(17)9-4-2-3-5-10-15/h12-14,16-17H,2-11H2,1H3. The third-order valence-electron chi connectivity index (χ3n) is 5.24. The smallest absolute Gasteiger partial charge is 0.150 e. The Hall–Kier alpha value is -0.130. The summed E-state index contributed by atoms with van der Waals surface area (Å²) in [5.74, 6) is -0.0772. The van der Waals surface area contributed by atoms with Gasteiger partial charge in [0.2, 0.25) is 0 Å². The Morgan fingerprint density at radius 2 is 1.65 bits per heavy atom. The summed E-state index contributed by atoms with van der Waals surface area (Å²) in [5.41, 5.74) is -0.999. The molecule has 4 nitrogen and oxygen atoms in total. The average Bonchev–Trinajstić information content (AvgIpc) is 2.63. The maximum absolute atomic E-state index is 11.7. The summed E-state index contributed by atoms with van der Waals surface area (Å²) in [7, 11) is -3.04. The summed E-state index contributed by atoms with van der Waals surface area (Å²) in [5, 5.41) is 21.0. The zero-order valence-corrected chi connectivity index (χ0v) is 13.2. The van der Waals surface area contributed by atoms with Crippen LogP contribution in [0, 0.1) is 5.92 Å². The van der Waals surface area contributed by atoms with Crippen molar-refractivity contribution in [2.24, 2.45) is 5.92 Å². The Kier molecular flexibility index (Phi) is 5.14. The molecule has 0 aliphatic heterocycles. The van der Waals surface area contributed by atoms with Gasteiger partial charge in [0, 0.05) is 6.26 Å². The molecule has 118 valence electrons. The molecule has 0 radical (unpaired) electrons. The highest BCUT2D eigenvalue weighted by atomic mass is 32.2. The number of hydrogen-bond acceptors (Lipinski definition) is 4. The van der Waals surface area contributed by atoms with E-state index in [2.05, 4.69) is 0 Å². The van der Waals surface area contributed by atoms with Crippen molar-refractivity contribution in [3.8, 4) is 0 Å². The molecule has 3 unspecified atom stereocenters. The normalized spacial score (nSPS) is 33.4. The maximum atomic E-state index is 11.7. The third kappa shape index (κ3) is 3.74. The number of rotatable bonds is 3. The second kappa shape index (κ2) is 6.32. The zero-order chi connectivity index (χ0) is 14.8. The molecular formula is C15H28O4S. The van der Waals surface area contributed by atoms with Crippen molar-refractivity contribution in [1.29, 1.82) is 0 Å². The first-order chi connectivity index (χ1) is 9.33. The Morgan fingerprint density at radius 3 is 2.20 bits per heavy atom. The lowest BCUT2D eigenvalue weighted by molar-refractivity contribution is -0.114. The minimum atomic E-state index is -3.04. The molecule has 2 saturated carbocycles. The van der Waals surface area contributed by atoms with Crippen molar-refractivity contribution in [3.05, 3.63) is 0 Å². The molecule has 0 saturated heterocycles. The first-order valence-electron chi connectivity index (χ1n) is 7.92. The lowest BCUT2D eigenvalue weighted by Gasteiger charge is -2.40. The van der Waals surface area contributed by atoms with Crippen molar-refractivity contribution in [2.45, 2.75) is 81.2 Å². The van der Waals surface area contributed by atoms with Gasteiger partial charge in [0.1, 0.15) is 9.84 Å². The molecule has 0 aromatic carbocycles. The van der Waals surface area contributed by atoms with Crippen LogP contribution < -0.4 is 0 Å². The van der Waals surface area contributed by atoms with Crippen LogP contribution in [0.3, 0.4) is 0 Å². The Morgan fingerprint density at radius 1 is 1.05 bits per heavy atom. The molecule has 0 bridgehead atoms. The van der Waals surface area contributed by atoms with E-state index in [9.17, 15) is 18.6 Å². The van der Waals surface area contributed by atoms with E-state index >= 15 is 0 Å². The van der Waals surface area contributed by atoms with Gasteiger partial charge in [-0.25, -0.2) is 8.42 Å². The molecular weight excluding hydrogens is 276 g/mol. The quantitative estimate of drug-likeness (QED) is 0.782. The zero-order valence-electron chi connectivity index (χ0n) is 12.4. The van der Waals surface area contributed by atoms with E-state index in [1.165, 1.54) is 6.26 Å². The molecule has 20 heavy (non-hydrogen) atoms. The Labute approximate surface area is 122 Å². The van der Waals surface area contributed by atoms with E-state index in [1.807, 2.05) is 0 Å². The van der Waals surface area contributed by atoms with Gasteiger partial charge >= 0.3 is 0 Å². The third-order valence-corrected chi connectivity index (χ3v) is 6.88. The highest BCUT2D eigenvalue weighted by Crippen LogP contribution is 2.39. The van der Waals surface area contributed by atoms with Crippen molar-refractivity contribution < 1.29 is 18.6 Å². The summed E-state index contributed by atoms with van der Waals surface area (Å²) >= 11 is 0. The highest BCUT2D eigenvalue weighted by Gasteiger charge is 2.43. The van der Waals surface area contributed by atoms with Crippen LogP contribution in [-0.4, -0.2) is 41.8 Å². The van der Waals surface area contributed by atoms with Crippen LogP contribution in [0.5, 0.6) is 0 Å². The van der Waals surface area contributed by atoms with Crippen molar-refractivity contribution >= 4 is 9.84 Å². The van der Waals surface area contributed by atoms with Gasteiger partial charge in [-0.3, -0.25) is 0 Å². The van der Waals surface area contributed by atoms with Gasteiger partial charge in [-0.1, -0.05) is 32.1 Å². The summed E-state index contributed by atoms with van der Waals surface area (Å²) in [6.07, 6.45) is 8.80. The Bertz CT molecular complexity index is 410. The van der Waals surface area contributed by atoms with Crippen LogP contribution in [0.1, 0.15) is 64.2 Å². The van der Waals surface area contributed by atoms with Crippen LogP contribution in [0.4, 0.5) is 0 Å². The molecule has 3 atom stereocenters. The van der Waals surface area contributed by atoms with Crippen LogP contribution in [0.25, 0.3) is 0 Å². The predicted molar refractivity (Wildman–Crippen MR) is 79.2 cm³/mol. The molecule has 0 spiro atoms. The van der Waals surface area contributed by atoms with Crippen molar-refractivity contribution in [3.63, 3.8) is 0 Å². The molecule has 2 aliphatic carbocycles. The number of aliphatic hydroxyl groups excluding tert-OH is 1. The maximum Gasteiger partial charge on any atom is 0.150 e. The van der Waals surface area contributed by atoms with Crippen molar-refractivity contribution in [1.82, 2.24) is 0 Å². The predicted octanol–water partition coefficient (Wildman–Crippen LogP) is 2.04. The van der Waals surface area contributed by atoms with Gasteiger partial charge in [-0.05, 0) is 38.0 Å². The number of sulfone groups is 1. The summed E-state index contributed by atoms with van der Waals surface area (Å²) < 4.78 is 23.4. The SMILES string of the molecule is CS(=O)(=O)C1CCCC(C(O)C2(O)CCCCCC2)C1. The largest absolute Gasteiger partial charge is 0.390 e. The Balaban J connectivity index is 2.05. The number of aliphatic hydroxyl groups is 2. The van der Waals surface area contributed by atoms with E-state index in [0.717, 1.165) is 38.5 Å². The van der Waals surface area contributed by atoms with E-state index in [4.69, 9.17) is 0 Å². The minimum absolute atomic E-state index is 0.0772. The van der Waals surface area contributed by atoms with Gasteiger partial charge in [-0.2, -0.15) is 0 Å². The fraction of sp³-hybridized carbons (Fsp3) is 1.00. The fourth-order valence-corrected chi connectivity index (χ4v) is 5.12. The monoisotopic (exact) mass is 304 g/mol. The van der Waals surface area contributed by atoms with Crippen LogP contribution in [0.15, 0.2) is 0 Å². The number of hydrogen-bond donors (Lipinski definition) is 2. The average molecular weight is 304 g/mol. The molecule has 2 N–H and O–H groups in total. The highest BCUT2D eigenvalue weighted by molar-refractivity contribution is 7.91. The molecule has 0 heterocycles. The summed E-state index contributed by atoms with van der Waals surface area (Å²) in [6.45, 7) is 0. The van der Waals surface area contributed by atoms with E-state index in [1.54, 1.807) is 0 Å². The van der Waals surface area contributed by atoms with E-state index in [-0.39, 0.29) is 11.2 Å². The first-order valence-corrected chi connectivity index (χ1v) is 9.88. The lowest BCUT2D eigenvalue weighted by Crippen LogP contribution is -2.48. The molecule has 2 aliphatic rings. The fourth-order valence-electron chi connectivity index (χ4n) is 3.93. The molecule has 0 aromatic rings.